The van der Waals surface area contributed by atoms with Crippen LogP contribution in [0.2, 0.25) is 0 Å². The molecular weight excluding hydrogens is 255 g/mol. The summed E-state index contributed by atoms with van der Waals surface area (Å²) in [4.78, 5) is 1.93. The number of anilines is 1. The van der Waals surface area contributed by atoms with E-state index in [0.29, 0.717) is 12.2 Å². The van der Waals surface area contributed by atoms with Crippen molar-refractivity contribution >= 4 is 5.69 Å². The largest absolute Gasteiger partial charge is 0.416 e. The number of nitrogens with zero attached hydrogens (tertiary/aromatic N) is 2. The van der Waals surface area contributed by atoms with Gasteiger partial charge in [-0.2, -0.15) is 18.4 Å². The number of alkyl halides is 3. The number of rotatable bonds is 2. The van der Waals surface area contributed by atoms with E-state index in [1.165, 1.54) is 6.07 Å². The molecule has 102 valence electrons. The van der Waals surface area contributed by atoms with Crippen molar-refractivity contribution in [3.63, 3.8) is 0 Å². The molecule has 0 radical (unpaired) electrons. The van der Waals surface area contributed by atoms with Crippen molar-refractivity contribution in [1.29, 1.82) is 5.26 Å². The van der Waals surface area contributed by atoms with Crippen molar-refractivity contribution in [1.82, 2.24) is 0 Å². The maximum absolute atomic E-state index is 12.6. The molecule has 1 aromatic rings. The second kappa shape index (κ2) is 5.10. The molecule has 0 aromatic heterocycles. The molecule has 1 aliphatic heterocycles. The van der Waals surface area contributed by atoms with Crippen LogP contribution in [0, 0.1) is 11.3 Å². The van der Waals surface area contributed by atoms with Crippen LogP contribution >= 0.6 is 0 Å². The van der Waals surface area contributed by atoms with Crippen molar-refractivity contribution in [3.05, 3.63) is 29.3 Å². The highest BCUT2D eigenvalue weighted by Crippen LogP contribution is 2.34. The average molecular weight is 269 g/mol. The number of nitriles is 1. The first-order valence-electron chi connectivity index (χ1n) is 6.05. The van der Waals surface area contributed by atoms with Crippen molar-refractivity contribution < 1.29 is 13.2 Å². The Morgan fingerprint density at radius 2 is 2.16 bits per heavy atom. The van der Waals surface area contributed by atoms with Crippen LogP contribution in [0.5, 0.6) is 0 Å². The zero-order valence-electron chi connectivity index (χ0n) is 10.2. The Balaban J connectivity index is 2.40. The molecular formula is C13H14F3N3. The van der Waals surface area contributed by atoms with Gasteiger partial charge in [0.15, 0.2) is 0 Å². The summed E-state index contributed by atoms with van der Waals surface area (Å²) < 4.78 is 37.8. The van der Waals surface area contributed by atoms with Gasteiger partial charge in [-0.05, 0) is 31.0 Å². The molecule has 1 fully saturated rings. The van der Waals surface area contributed by atoms with Gasteiger partial charge in [0.05, 0.1) is 16.8 Å². The molecule has 3 nitrogen and oxygen atoms in total. The van der Waals surface area contributed by atoms with Crippen LogP contribution in [-0.2, 0) is 6.18 Å². The molecule has 1 aliphatic rings. The third-order valence-corrected chi connectivity index (χ3v) is 3.40. The molecule has 1 saturated heterocycles. The quantitative estimate of drug-likeness (QED) is 0.897. The van der Waals surface area contributed by atoms with E-state index in [4.69, 9.17) is 11.0 Å². The summed E-state index contributed by atoms with van der Waals surface area (Å²) in [7, 11) is 0. The van der Waals surface area contributed by atoms with Gasteiger partial charge < -0.3 is 10.6 Å². The Hall–Kier alpha value is -1.74. The molecule has 0 aliphatic carbocycles. The van der Waals surface area contributed by atoms with Gasteiger partial charge in [-0.25, -0.2) is 0 Å². The summed E-state index contributed by atoms with van der Waals surface area (Å²) in [6.07, 6.45) is -2.58. The van der Waals surface area contributed by atoms with Gasteiger partial charge in [0, 0.05) is 19.1 Å². The normalized spacial score (nSPS) is 19.5. The van der Waals surface area contributed by atoms with Crippen LogP contribution in [0.4, 0.5) is 18.9 Å². The highest BCUT2D eigenvalue weighted by molar-refractivity contribution is 5.62. The highest BCUT2D eigenvalue weighted by atomic mass is 19.4. The molecule has 0 amide bonds. The fraction of sp³-hybridized carbons (Fsp3) is 0.462. The smallest absolute Gasteiger partial charge is 0.366 e. The van der Waals surface area contributed by atoms with Crippen LogP contribution in [0.3, 0.4) is 0 Å². The molecule has 1 heterocycles. The van der Waals surface area contributed by atoms with Gasteiger partial charge in [-0.15, -0.1) is 0 Å². The van der Waals surface area contributed by atoms with E-state index in [2.05, 4.69) is 0 Å². The SMILES string of the molecule is N#Cc1cc(C(F)(F)F)ccc1N1CCCC1CN. The van der Waals surface area contributed by atoms with Gasteiger partial charge >= 0.3 is 6.18 Å². The van der Waals surface area contributed by atoms with Gasteiger partial charge in [0.2, 0.25) is 0 Å². The lowest BCUT2D eigenvalue weighted by atomic mass is 10.1. The maximum atomic E-state index is 12.6. The third kappa shape index (κ3) is 2.66. The molecule has 0 spiro atoms. The van der Waals surface area contributed by atoms with E-state index in [1.807, 2.05) is 11.0 Å². The molecule has 0 bridgehead atoms. The number of benzene rings is 1. The lowest BCUT2D eigenvalue weighted by molar-refractivity contribution is -0.137. The summed E-state index contributed by atoms with van der Waals surface area (Å²) in [5.74, 6) is 0. The first-order chi connectivity index (χ1) is 8.97. The monoisotopic (exact) mass is 269 g/mol. The standard InChI is InChI=1S/C13H14F3N3/c14-13(15,16)10-3-4-12(9(6-10)7-17)19-5-1-2-11(19)8-18/h3-4,6,11H,1-2,5,8,18H2. The van der Waals surface area contributed by atoms with Gasteiger partial charge in [0.25, 0.3) is 0 Å². The van der Waals surface area contributed by atoms with E-state index in [1.54, 1.807) is 0 Å². The maximum Gasteiger partial charge on any atom is 0.416 e. The molecule has 19 heavy (non-hydrogen) atoms. The molecule has 0 saturated carbocycles. The van der Waals surface area contributed by atoms with Crippen molar-refractivity contribution in [3.8, 4) is 6.07 Å². The minimum Gasteiger partial charge on any atom is -0.366 e. The lowest BCUT2D eigenvalue weighted by Crippen LogP contribution is -2.35. The summed E-state index contributed by atoms with van der Waals surface area (Å²) in [5.41, 5.74) is 5.45. The van der Waals surface area contributed by atoms with Gasteiger partial charge in [-0.1, -0.05) is 0 Å². The molecule has 6 heteroatoms. The minimum absolute atomic E-state index is 0.0511. The van der Waals surface area contributed by atoms with Crippen LogP contribution in [0.15, 0.2) is 18.2 Å². The van der Waals surface area contributed by atoms with E-state index in [-0.39, 0.29) is 11.6 Å². The number of halogens is 3. The third-order valence-electron chi connectivity index (χ3n) is 3.40. The predicted molar refractivity (Wildman–Crippen MR) is 65.6 cm³/mol. The van der Waals surface area contributed by atoms with E-state index in [9.17, 15) is 13.2 Å². The minimum atomic E-state index is -4.43. The first-order valence-corrected chi connectivity index (χ1v) is 6.05. The molecule has 2 N–H and O–H groups in total. The van der Waals surface area contributed by atoms with E-state index < -0.39 is 11.7 Å². The van der Waals surface area contributed by atoms with Gasteiger partial charge in [-0.3, -0.25) is 0 Å². The fourth-order valence-electron chi connectivity index (χ4n) is 2.45. The number of hydrogen-bond acceptors (Lipinski definition) is 3. The van der Waals surface area contributed by atoms with Crippen LogP contribution in [0.1, 0.15) is 24.0 Å². The zero-order chi connectivity index (χ0) is 14.0. The lowest BCUT2D eigenvalue weighted by Gasteiger charge is -2.27. The van der Waals surface area contributed by atoms with Crippen LogP contribution in [0.25, 0.3) is 0 Å². The number of nitrogens with two attached hydrogens (primary N) is 1. The van der Waals surface area contributed by atoms with Crippen LogP contribution < -0.4 is 10.6 Å². The Morgan fingerprint density at radius 1 is 1.42 bits per heavy atom. The van der Waals surface area contributed by atoms with Crippen molar-refractivity contribution in [2.45, 2.75) is 25.1 Å². The Bertz CT molecular complexity index is 505. The Kier molecular flexibility index (Phi) is 3.67. The average Bonchev–Trinajstić information content (AvgIpc) is 2.84. The summed E-state index contributed by atoms with van der Waals surface area (Å²) in [6, 6.07) is 5.24. The highest BCUT2D eigenvalue weighted by Gasteiger charge is 2.32. The van der Waals surface area contributed by atoms with Crippen molar-refractivity contribution in [2.24, 2.45) is 5.73 Å². The molecule has 1 unspecified atom stereocenters. The van der Waals surface area contributed by atoms with Gasteiger partial charge in [0.1, 0.15) is 6.07 Å². The molecule has 2 rings (SSSR count). The molecule has 1 aromatic carbocycles. The Labute approximate surface area is 109 Å². The number of hydrogen-bond donors (Lipinski definition) is 1. The second-order valence-corrected chi connectivity index (χ2v) is 4.57. The second-order valence-electron chi connectivity index (χ2n) is 4.57. The van der Waals surface area contributed by atoms with Crippen LogP contribution in [-0.4, -0.2) is 19.1 Å². The zero-order valence-corrected chi connectivity index (χ0v) is 10.2. The fourth-order valence-corrected chi connectivity index (χ4v) is 2.45. The predicted octanol–water partition coefficient (Wildman–Crippen LogP) is 2.50. The van der Waals surface area contributed by atoms with E-state index in [0.717, 1.165) is 31.5 Å². The first kappa shape index (κ1) is 13.7. The van der Waals surface area contributed by atoms with Crippen molar-refractivity contribution in [2.75, 3.05) is 18.0 Å². The summed E-state index contributed by atoms with van der Waals surface area (Å²) in [5, 5.41) is 9.05. The van der Waals surface area contributed by atoms with E-state index >= 15 is 0 Å². The summed E-state index contributed by atoms with van der Waals surface area (Å²) >= 11 is 0. The topological polar surface area (TPSA) is 53.0 Å². The summed E-state index contributed by atoms with van der Waals surface area (Å²) in [6.45, 7) is 1.16. The Morgan fingerprint density at radius 3 is 2.74 bits per heavy atom. The molecule has 1 atom stereocenters.